The predicted octanol–water partition coefficient (Wildman–Crippen LogP) is 1.66. The average molecular weight is 207 g/mol. The van der Waals surface area contributed by atoms with Crippen LogP contribution in [0.5, 0.6) is 0 Å². The van der Waals surface area contributed by atoms with Gasteiger partial charge in [0, 0.05) is 18.4 Å². The maximum atomic E-state index is 3.47. The zero-order valence-electron chi connectivity index (χ0n) is 9.42. The van der Waals surface area contributed by atoms with Gasteiger partial charge in [-0.25, -0.2) is 0 Å². The molecule has 3 nitrogen and oxygen atoms in total. The zero-order valence-corrected chi connectivity index (χ0v) is 9.42. The molecule has 0 saturated carbocycles. The molecule has 84 valence electrons. The molecule has 15 heavy (non-hydrogen) atoms. The number of hydrogen-bond acceptors (Lipinski definition) is 2. The SMILES string of the molecule is CNC(CC1CCCNC1)c1cc[nH]c1. The lowest BCUT2D eigenvalue weighted by molar-refractivity contribution is 0.322. The van der Waals surface area contributed by atoms with Gasteiger partial charge in [0.2, 0.25) is 0 Å². The summed E-state index contributed by atoms with van der Waals surface area (Å²) in [6.45, 7) is 2.38. The van der Waals surface area contributed by atoms with E-state index in [9.17, 15) is 0 Å². The number of H-pyrrole nitrogens is 1. The summed E-state index contributed by atoms with van der Waals surface area (Å²) < 4.78 is 0. The van der Waals surface area contributed by atoms with Gasteiger partial charge in [0.1, 0.15) is 0 Å². The lowest BCUT2D eigenvalue weighted by Crippen LogP contribution is -2.32. The van der Waals surface area contributed by atoms with Crippen LogP contribution in [0.25, 0.3) is 0 Å². The first-order valence-corrected chi connectivity index (χ1v) is 5.91. The van der Waals surface area contributed by atoms with Crippen LogP contribution in [0.2, 0.25) is 0 Å². The molecule has 2 unspecified atom stereocenters. The average Bonchev–Trinajstić information content (AvgIpc) is 2.81. The summed E-state index contributed by atoms with van der Waals surface area (Å²) in [5.74, 6) is 0.825. The summed E-state index contributed by atoms with van der Waals surface area (Å²) in [7, 11) is 2.05. The Hall–Kier alpha value is -0.800. The number of rotatable bonds is 4. The van der Waals surface area contributed by atoms with E-state index in [-0.39, 0.29) is 0 Å². The fraction of sp³-hybridized carbons (Fsp3) is 0.667. The van der Waals surface area contributed by atoms with Gasteiger partial charge in [0.25, 0.3) is 0 Å². The van der Waals surface area contributed by atoms with Gasteiger partial charge in [-0.15, -0.1) is 0 Å². The number of aromatic amines is 1. The Bertz CT molecular complexity index is 262. The number of piperidine rings is 1. The molecule has 2 atom stereocenters. The summed E-state index contributed by atoms with van der Waals surface area (Å²) in [6.07, 6.45) is 8.03. The Balaban J connectivity index is 1.90. The molecular weight excluding hydrogens is 186 g/mol. The van der Waals surface area contributed by atoms with Crippen molar-refractivity contribution in [1.82, 2.24) is 15.6 Å². The van der Waals surface area contributed by atoms with E-state index in [2.05, 4.69) is 27.9 Å². The molecule has 0 bridgehead atoms. The molecule has 0 radical (unpaired) electrons. The van der Waals surface area contributed by atoms with Crippen molar-refractivity contribution in [1.29, 1.82) is 0 Å². The highest BCUT2D eigenvalue weighted by Crippen LogP contribution is 2.24. The minimum absolute atomic E-state index is 0.501. The first kappa shape index (κ1) is 10.7. The fourth-order valence-electron chi connectivity index (χ4n) is 2.43. The van der Waals surface area contributed by atoms with Gasteiger partial charge >= 0.3 is 0 Å². The number of aromatic nitrogens is 1. The van der Waals surface area contributed by atoms with E-state index in [0.29, 0.717) is 6.04 Å². The summed E-state index contributed by atoms with van der Waals surface area (Å²) in [6, 6.07) is 2.67. The Morgan fingerprint density at radius 2 is 2.53 bits per heavy atom. The molecule has 2 heterocycles. The van der Waals surface area contributed by atoms with Gasteiger partial charge in [-0.1, -0.05) is 0 Å². The van der Waals surface area contributed by atoms with E-state index < -0.39 is 0 Å². The molecule has 0 spiro atoms. The van der Waals surface area contributed by atoms with Crippen molar-refractivity contribution in [2.45, 2.75) is 25.3 Å². The summed E-state index contributed by atoms with van der Waals surface area (Å²) in [4.78, 5) is 3.13. The summed E-state index contributed by atoms with van der Waals surface area (Å²) >= 11 is 0. The third-order valence-corrected chi connectivity index (χ3v) is 3.34. The second-order valence-corrected chi connectivity index (χ2v) is 4.43. The van der Waals surface area contributed by atoms with Crippen molar-refractivity contribution in [3.05, 3.63) is 24.0 Å². The van der Waals surface area contributed by atoms with Crippen molar-refractivity contribution in [3.8, 4) is 0 Å². The molecule has 1 aliphatic rings. The standard InChI is InChI=1S/C12H21N3/c1-13-12(11-4-6-15-9-11)7-10-3-2-5-14-8-10/h4,6,9-10,12-15H,2-3,5,7-8H2,1H3. The third-order valence-electron chi connectivity index (χ3n) is 3.34. The topological polar surface area (TPSA) is 39.8 Å². The molecule has 0 aliphatic carbocycles. The molecule has 3 heteroatoms. The minimum atomic E-state index is 0.501. The first-order chi connectivity index (χ1) is 7.40. The summed E-state index contributed by atoms with van der Waals surface area (Å²) in [5, 5.41) is 6.88. The van der Waals surface area contributed by atoms with E-state index >= 15 is 0 Å². The van der Waals surface area contributed by atoms with E-state index in [1.807, 2.05) is 13.2 Å². The normalized spacial score (nSPS) is 23.9. The van der Waals surface area contributed by atoms with Gasteiger partial charge < -0.3 is 15.6 Å². The van der Waals surface area contributed by atoms with Crippen LogP contribution < -0.4 is 10.6 Å². The zero-order chi connectivity index (χ0) is 10.5. The molecule has 2 rings (SSSR count). The van der Waals surface area contributed by atoms with E-state index in [1.165, 1.54) is 37.9 Å². The largest absolute Gasteiger partial charge is 0.367 e. The van der Waals surface area contributed by atoms with Crippen LogP contribution in [0.3, 0.4) is 0 Å². The van der Waals surface area contributed by atoms with Crippen LogP contribution >= 0.6 is 0 Å². The maximum Gasteiger partial charge on any atom is 0.0335 e. The van der Waals surface area contributed by atoms with Crippen molar-refractivity contribution < 1.29 is 0 Å². The van der Waals surface area contributed by atoms with Gasteiger partial charge in [-0.2, -0.15) is 0 Å². The smallest absolute Gasteiger partial charge is 0.0335 e. The van der Waals surface area contributed by atoms with Crippen molar-refractivity contribution in [2.24, 2.45) is 5.92 Å². The Kier molecular flexibility index (Phi) is 3.80. The minimum Gasteiger partial charge on any atom is -0.367 e. The molecule has 3 N–H and O–H groups in total. The van der Waals surface area contributed by atoms with Crippen LogP contribution in [-0.4, -0.2) is 25.1 Å². The second-order valence-electron chi connectivity index (χ2n) is 4.43. The lowest BCUT2D eigenvalue weighted by atomic mass is 9.90. The van der Waals surface area contributed by atoms with Crippen LogP contribution in [0.4, 0.5) is 0 Å². The molecule has 1 aromatic heterocycles. The molecule has 0 aromatic carbocycles. The number of hydrogen-bond donors (Lipinski definition) is 3. The highest BCUT2D eigenvalue weighted by molar-refractivity contribution is 5.13. The van der Waals surface area contributed by atoms with Gasteiger partial charge in [0.05, 0.1) is 0 Å². The van der Waals surface area contributed by atoms with E-state index in [4.69, 9.17) is 0 Å². The summed E-state index contributed by atoms with van der Waals surface area (Å²) in [5.41, 5.74) is 1.38. The van der Waals surface area contributed by atoms with Crippen molar-refractivity contribution >= 4 is 0 Å². The lowest BCUT2D eigenvalue weighted by Gasteiger charge is -2.26. The van der Waals surface area contributed by atoms with E-state index in [0.717, 1.165) is 5.92 Å². The Morgan fingerprint density at radius 3 is 3.13 bits per heavy atom. The monoisotopic (exact) mass is 207 g/mol. The van der Waals surface area contributed by atoms with Crippen LogP contribution in [0, 0.1) is 5.92 Å². The van der Waals surface area contributed by atoms with Gasteiger partial charge in [-0.05, 0) is 56.9 Å². The van der Waals surface area contributed by atoms with E-state index in [1.54, 1.807) is 0 Å². The molecule has 1 aromatic rings. The maximum absolute atomic E-state index is 3.47. The van der Waals surface area contributed by atoms with Gasteiger partial charge in [-0.3, -0.25) is 0 Å². The van der Waals surface area contributed by atoms with Crippen LogP contribution in [0.1, 0.15) is 30.9 Å². The predicted molar refractivity (Wildman–Crippen MR) is 62.8 cm³/mol. The molecular formula is C12H21N3. The Labute approximate surface area is 91.7 Å². The molecule has 1 saturated heterocycles. The molecule has 0 amide bonds. The first-order valence-electron chi connectivity index (χ1n) is 5.91. The molecule has 1 aliphatic heterocycles. The fourth-order valence-corrected chi connectivity index (χ4v) is 2.43. The molecule has 1 fully saturated rings. The highest BCUT2D eigenvalue weighted by Gasteiger charge is 2.18. The number of nitrogens with one attached hydrogen (secondary N) is 3. The Morgan fingerprint density at radius 1 is 1.60 bits per heavy atom. The van der Waals surface area contributed by atoms with Crippen molar-refractivity contribution in [3.63, 3.8) is 0 Å². The van der Waals surface area contributed by atoms with Crippen molar-refractivity contribution in [2.75, 3.05) is 20.1 Å². The quantitative estimate of drug-likeness (QED) is 0.703. The van der Waals surface area contributed by atoms with Crippen LogP contribution in [-0.2, 0) is 0 Å². The highest BCUT2D eigenvalue weighted by atomic mass is 14.9. The second kappa shape index (κ2) is 5.33. The van der Waals surface area contributed by atoms with Crippen LogP contribution in [0.15, 0.2) is 18.5 Å². The third kappa shape index (κ3) is 2.83. The van der Waals surface area contributed by atoms with Gasteiger partial charge in [0.15, 0.2) is 0 Å².